The molecule has 0 radical (unpaired) electrons. The first-order valence-electron chi connectivity index (χ1n) is 12.6. The summed E-state index contributed by atoms with van der Waals surface area (Å²) in [5.74, 6) is -0.755. The number of hydrogen-bond acceptors (Lipinski definition) is 5. The number of nitrogens with one attached hydrogen (secondary N) is 1. The average Bonchev–Trinajstić information content (AvgIpc) is 3.05. The molecule has 1 aromatic heterocycles. The van der Waals surface area contributed by atoms with Gasteiger partial charge in [0.15, 0.2) is 0 Å². The minimum absolute atomic E-state index is 0.0270. The highest BCUT2D eigenvalue weighted by molar-refractivity contribution is 6.00. The molecule has 2 N–H and O–H groups in total. The van der Waals surface area contributed by atoms with Crippen LogP contribution in [0.25, 0.3) is 11.0 Å². The number of imide groups is 1. The fourth-order valence-electron chi connectivity index (χ4n) is 5.46. The normalized spacial score (nSPS) is 23.2. The minimum Gasteiger partial charge on any atom is -0.465 e. The molecule has 2 aromatic rings. The average molecular weight is 501 g/mol. The van der Waals surface area contributed by atoms with Gasteiger partial charge in [0.25, 0.3) is 0 Å². The molecule has 3 amide bonds. The Morgan fingerprint density at radius 1 is 1.17 bits per heavy atom. The van der Waals surface area contributed by atoms with E-state index in [1.54, 1.807) is 7.05 Å². The molecule has 3 unspecified atom stereocenters. The first kappa shape index (κ1) is 25.9. The molecule has 2 aliphatic rings. The summed E-state index contributed by atoms with van der Waals surface area (Å²) in [7, 11) is 1.68. The second-order valence-corrected chi connectivity index (χ2v) is 11.0. The molecule has 3 heterocycles. The van der Waals surface area contributed by atoms with Crippen molar-refractivity contribution in [2.24, 2.45) is 12.5 Å². The van der Waals surface area contributed by atoms with Gasteiger partial charge in [-0.1, -0.05) is 26.8 Å². The van der Waals surface area contributed by atoms with Crippen LogP contribution in [0.2, 0.25) is 0 Å². The Kier molecular flexibility index (Phi) is 7.26. The van der Waals surface area contributed by atoms with Gasteiger partial charge in [0, 0.05) is 32.7 Å². The zero-order valence-corrected chi connectivity index (χ0v) is 21.5. The number of aryl methyl sites for hydroxylation is 2. The topological polar surface area (TPSA) is 123 Å². The van der Waals surface area contributed by atoms with Gasteiger partial charge < -0.3 is 14.7 Å². The van der Waals surface area contributed by atoms with Crippen LogP contribution in [0.3, 0.4) is 0 Å². The van der Waals surface area contributed by atoms with Crippen LogP contribution in [0.4, 0.5) is 4.79 Å². The standard InChI is InChI=1S/C26H36N4O6/c1-26(2,3)21-15-17(11-12-29(21)25(34)35)36-13-5-6-16-7-8-18-20(14-16)30(24(33)28(18)4)19-9-10-22(31)27-23(19)32/h7-8,14,17,19,21H,5-6,9-13,15H2,1-4H3,(H,34,35)(H,27,31,32). The summed E-state index contributed by atoms with van der Waals surface area (Å²) in [6.07, 6.45) is 2.55. The molecule has 1 aromatic carbocycles. The van der Waals surface area contributed by atoms with E-state index < -0.39 is 18.0 Å². The number of hydrogen-bond donors (Lipinski definition) is 2. The zero-order chi connectivity index (χ0) is 26.2. The zero-order valence-electron chi connectivity index (χ0n) is 21.5. The maximum atomic E-state index is 12.9. The summed E-state index contributed by atoms with van der Waals surface area (Å²) < 4.78 is 9.18. The quantitative estimate of drug-likeness (QED) is 0.465. The van der Waals surface area contributed by atoms with E-state index in [0.717, 1.165) is 23.9 Å². The Labute approximate surface area is 210 Å². The molecule has 3 atom stereocenters. The summed E-state index contributed by atoms with van der Waals surface area (Å²) >= 11 is 0. The van der Waals surface area contributed by atoms with E-state index in [9.17, 15) is 24.3 Å². The number of carbonyl (C=O) groups excluding carboxylic acids is 2. The number of piperidine rings is 2. The maximum absolute atomic E-state index is 12.9. The molecule has 0 saturated carbocycles. The number of rotatable bonds is 6. The van der Waals surface area contributed by atoms with Crippen LogP contribution in [-0.2, 0) is 27.8 Å². The lowest BCUT2D eigenvalue weighted by Gasteiger charge is -2.44. The molecule has 2 fully saturated rings. The second kappa shape index (κ2) is 10.1. The van der Waals surface area contributed by atoms with E-state index in [1.807, 2.05) is 18.2 Å². The van der Waals surface area contributed by atoms with Crippen LogP contribution in [0.1, 0.15) is 64.5 Å². The predicted octanol–water partition coefficient (Wildman–Crippen LogP) is 2.82. The number of nitrogens with zero attached hydrogens (tertiary/aromatic N) is 3. The Balaban J connectivity index is 1.40. The van der Waals surface area contributed by atoms with Crippen molar-refractivity contribution >= 4 is 28.9 Å². The third kappa shape index (κ3) is 5.18. The van der Waals surface area contributed by atoms with Gasteiger partial charge in [0.2, 0.25) is 11.8 Å². The summed E-state index contributed by atoms with van der Waals surface area (Å²) in [6.45, 7) is 7.21. The van der Waals surface area contributed by atoms with Gasteiger partial charge in [-0.25, -0.2) is 9.59 Å². The number of benzene rings is 1. The van der Waals surface area contributed by atoms with Crippen LogP contribution in [0.5, 0.6) is 0 Å². The molecule has 0 aliphatic carbocycles. The van der Waals surface area contributed by atoms with Crippen LogP contribution in [0, 0.1) is 5.41 Å². The molecule has 36 heavy (non-hydrogen) atoms. The SMILES string of the molecule is Cn1c(=O)n(C2CCC(=O)NC2=O)c2cc(CCCOC3CCN(C(=O)O)C(C(C)(C)C)C3)ccc21. The van der Waals surface area contributed by atoms with Gasteiger partial charge in [-0.05, 0) is 55.2 Å². The van der Waals surface area contributed by atoms with Crippen molar-refractivity contribution in [2.45, 2.75) is 77.5 Å². The first-order valence-corrected chi connectivity index (χ1v) is 12.6. The van der Waals surface area contributed by atoms with E-state index >= 15 is 0 Å². The molecule has 196 valence electrons. The highest BCUT2D eigenvalue weighted by Crippen LogP contribution is 2.33. The Morgan fingerprint density at radius 2 is 1.92 bits per heavy atom. The van der Waals surface area contributed by atoms with Crippen LogP contribution in [0.15, 0.2) is 23.0 Å². The second-order valence-electron chi connectivity index (χ2n) is 11.0. The number of imidazole rings is 1. The summed E-state index contributed by atoms with van der Waals surface area (Å²) in [4.78, 5) is 50.1. The van der Waals surface area contributed by atoms with Gasteiger partial charge in [-0.2, -0.15) is 0 Å². The van der Waals surface area contributed by atoms with Crippen molar-refractivity contribution in [3.05, 3.63) is 34.2 Å². The van der Waals surface area contributed by atoms with Gasteiger partial charge >= 0.3 is 11.8 Å². The highest BCUT2D eigenvalue weighted by Gasteiger charge is 2.39. The van der Waals surface area contributed by atoms with E-state index in [0.29, 0.717) is 37.9 Å². The van der Waals surface area contributed by atoms with E-state index in [-0.39, 0.29) is 35.6 Å². The van der Waals surface area contributed by atoms with Crippen LogP contribution in [-0.4, -0.2) is 62.3 Å². The van der Waals surface area contributed by atoms with E-state index in [1.165, 1.54) is 14.0 Å². The van der Waals surface area contributed by atoms with Crippen molar-refractivity contribution in [3.8, 4) is 0 Å². The fourth-order valence-corrected chi connectivity index (χ4v) is 5.46. The molecule has 10 heteroatoms. The van der Waals surface area contributed by atoms with Crippen LogP contribution >= 0.6 is 0 Å². The third-order valence-corrected chi connectivity index (χ3v) is 7.44. The maximum Gasteiger partial charge on any atom is 0.407 e. The Morgan fingerprint density at radius 3 is 2.58 bits per heavy atom. The smallest absolute Gasteiger partial charge is 0.407 e. The molecular weight excluding hydrogens is 464 g/mol. The Bertz CT molecular complexity index is 1220. The van der Waals surface area contributed by atoms with Crippen molar-refractivity contribution < 1.29 is 24.2 Å². The van der Waals surface area contributed by atoms with E-state index in [2.05, 4.69) is 26.1 Å². The lowest BCUT2D eigenvalue weighted by atomic mass is 9.80. The fraction of sp³-hybridized carbons (Fsp3) is 0.615. The Hall–Kier alpha value is -3.14. The minimum atomic E-state index is -0.875. The molecule has 0 bridgehead atoms. The van der Waals surface area contributed by atoms with Gasteiger partial charge in [0.1, 0.15) is 6.04 Å². The monoisotopic (exact) mass is 500 g/mol. The van der Waals surface area contributed by atoms with Gasteiger partial charge in [-0.15, -0.1) is 0 Å². The lowest BCUT2D eigenvalue weighted by molar-refractivity contribution is -0.135. The number of ether oxygens (including phenoxy) is 1. The molecule has 2 saturated heterocycles. The van der Waals surface area contributed by atoms with E-state index in [4.69, 9.17) is 4.74 Å². The number of fused-ring (bicyclic) bond motifs is 1. The van der Waals surface area contributed by atoms with Crippen molar-refractivity contribution in [3.63, 3.8) is 0 Å². The van der Waals surface area contributed by atoms with Crippen molar-refractivity contribution in [1.82, 2.24) is 19.4 Å². The number of carboxylic acid groups (broad SMARTS) is 1. The summed E-state index contributed by atoms with van der Waals surface area (Å²) in [5.41, 5.74) is 2.02. The van der Waals surface area contributed by atoms with Crippen molar-refractivity contribution in [1.29, 1.82) is 0 Å². The molecular formula is C26H36N4O6. The highest BCUT2D eigenvalue weighted by atomic mass is 16.5. The molecule has 10 nitrogen and oxygen atoms in total. The third-order valence-electron chi connectivity index (χ3n) is 7.44. The summed E-state index contributed by atoms with van der Waals surface area (Å²) in [6, 6.07) is 5.03. The predicted molar refractivity (Wildman–Crippen MR) is 134 cm³/mol. The molecule has 2 aliphatic heterocycles. The summed E-state index contributed by atoms with van der Waals surface area (Å²) in [5, 5.41) is 11.9. The first-order chi connectivity index (χ1) is 17.0. The number of aromatic nitrogens is 2. The van der Waals surface area contributed by atoms with Crippen molar-refractivity contribution in [2.75, 3.05) is 13.2 Å². The number of likely N-dealkylation sites (tertiary alicyclic amines) is 1. The lowest BCUT2D eigenvalue weighted by Crippen LogP contribution is -2.53. The number of carbonyl (C=O) groups is 3. The van der Waals surface area contributed by atoms with Crippen LogP contribution < -0.4 is 11.0 Å². The van der Waals surface area contributed by atoms with Gasteiger partial charge in [0.05, 0.1) is 17.1 Å². The molecule has 4 rings (SSSR count). The number of amides is 3. The largest absolute Gasteiger partial charge is 0.465 e. The van der Waals surface area contributed by atoms with Gasteiger partial charge in [-0.3, -0.25) is 24.0 Å². The molecule has 0 spiro atoms.